The summed E-state index contributed by atoms with van der Waals surface area (Å²) in [7, 11) is 0. The number of hydrogen-bond donors (Lipinski definition) is 1. The lowest BCUT2D eigenvalue weighted by molar-refractivity contribution is 0.156. The number of allylic oxidation sites excluding steroid dienone is 1. The van der Waals surface area contributed by atoms with Crippen LogP contribution in [0.15, 0.2) is 12.7 Å². The summed E-state index contributed by atoms with van der Waals surface area (Å²) in [5, 5.41) is 11.7. The Bertz CT molecular complexity index is 551. The molecule has 0 aromatic carbocycles. The third-order valence-electron chi connectivity index (χ3n) is 4.41. The SMILES string of the molecule is C=CCCC[C@@H](C)NC(=O)N1CCn2c(C(C)C)nnc2[C@@H]1C. The summed E-state index contributed by atoms with van der Waals surface area (Å²) in [5.41, 5.74) is 0. The quantitative estimate of drug-likeness (QED) is 0.647. The Hall–Kier alpha value is -1.85. The second kappa shape index (κ2) is 7.62. The maximum atomic E-state index is 12.5. The zero-order chi connectivity index (χ0) is 17.0. The largest absolute Gasteiger partial charge is 0.336 e. The molecule has 0 unspecified atom stereocenters. The molecule has 1 aromatic heterocycles. The van der Waals surface area contributed by atoms with Crippen LogP contribution < -0.4 is 5.32 Å². The number of carbonyl (C=O) groups is 1. The normalized spacial score (nSPS) is 18.7. The fourth-order valence-electron chi connectivity index (χ4n) is 3.05. The second-order valence-electron chi connectivity index (χ2n) is 6.66. The summed E-state index contributed by atoms with van der Waals surface area (Å²) in [6.45, 7) is 13.5. The third-order valence-corrected chi connectivity index (χ3v) is 4.41. The average molecular weight is 319 g/mol. The standard InChI is InChI=1S/C17H29N5O/c1-6-7-8-9-13(4)18-17(23)21-10-11-22-15(12(2)3)19-20-16(22)14(21)5/h6,12-14H,1,7-11H2,2-5H3,(H,18,23)/t13-,14+/m1/s1. The molecule has 128 valence electrons. The smallest absolute Gasteiger partial charge is 0.318 e. The maximum Gasteiger partial charge on any atom is 0.318 e. The highest BCUT2D eigenvalue weighted by Crippen LogP contribution is 2.26. The molecule has 1 N–H and O–H groups in total. The van der Waals surface area contributed by atoms with Gasteiger partial charge in [0, 0.05) is 25.0 Å². The van der Waals surface area contributed by atoms with Gasteiger partial charge >= 0.3 is 6.03 Å². The van der Waals surface area contributed by atoms with Gasteiger partial charge in [-0.05, 0) is 33.1 Å². The number of nitrogens with zero attached hydrogens (tertiary/aromatic N) is 4. The van der Waals surface area contributed by atoms with Crippen molar-refractivity contribution in [1.82, 2.24) is 25.0 Å². The van der Waals surface area contributed by atoms with Gasteiger partial charge in [-0.2, -0.15) is 0 Å². The molecule has 2 atom stereocenters. The first kappa shape index (κ1) is 17.5. The predicted molar refractivity (Wildman–Crippen MR) is 91.3 cm³/mol. The van der Waals surface area contributed by atoms with Gasteiger partial charge < -0.3 is 14.8 Å². The van der Waals surface area contributed by atoms with Crippen LogP contribution in [0.4, 0.5) is 4.79 Å². The zero-order valence-electron chi connectivity index (χ0n) is 14.7. The first-order valence-corrected chi connectivity index (χ1v) is 8.56. The number of hydrogen-bond acceptors (Lipinski definition) is 3. The lowest BCUT2D eigenvalue weighted by atomic mass is 10.1. The molecule has 1 aromatic rings. The van der Waals surface area contributed by atoms with E-state index in [-0.39, 0.29) is 18.1 Å². The summed E-state index contributed by atoms with van der Waals surface area (Å²) >= 11 is 0. The fraction of sp³-hybridized carbons (Fsp3) is 0.706. The van der Waals surface area contributed by atoms with Gasteiger partial charge in [-0.1, -0.05) is 19.9 Å². The summed E-state index contributed by atoms with van der Waals surface area (Å²) in [5.74, 6) is 2.23. The van der Waals surface area contributed by atoms with Crippen LogP contribution in [0.2, 0.25) is 0 Å². The van der Waals surface area contributed by atoms with E-state index in [0.717, 1.165) is 37.5 Å². The number of amides is 2. The lowest BCUT2D eigenvalue weighted by Crippen LogP contribution is -2.48. The molecule has 6 heteroatoms. The molecular formula is C17H29N5O. The van der Waals surface area contributed by atoms with Crippen molar-refractivity contribution in [2.75, 3.05) is 6.54 Å². The molecule has 0 aliphatic carbocycles. The molecule has 6 nitrogen and oxygen atoms in total. The van der Waals surface area contributed by atoms with Crippen LogP contribution in [0, 0.1) is 0 Å². The zero-order valence-corrected chi connectivity index (χ0v) is 14.7. The number of urea groups is 1. The molecule has 0 saturated heterocycles. The van der Waals surface area contributed by atoms with Crippen molar-refractivity contribution in [2.24, 2.45) is 0 Å². The Labute approximate surface area is 139 Å². The molecular weight excluding hydrogens is 290 g/mol. The maximum absolute atomic E-state index is 12.5. The monoisotopic (exact) mass is 319 g/mol. The Balaban J connectivity index is 1.99. The van der Waals surface area contributed by atoms with E-state index in [1.54, 1.807) is 0 Å². The van der Waals surface area contributed by atoms with Gasteiger partial charge in [0.2, 0.25) is 0 Å². The van der Waals surface area contributed by atoms with E-state index in [9.17, 15) is 4.79 Å². The van der Waals surface area contributed by atoms with E-state index >= 15 is 0 Å². The van der Waals surface area contributed by atoms with Gasteiger partial charge in [0.1, 0.15) is 5.82 Å². The number of fused-ring (bicyclic) bond motifs is 1. The minimum atomic E-state index is -0.0517. The first-order valence-electron chi connectivity index (χ1n) is 8.56. The Morgan fingerprint density at radius 2 is 2.13 bits per heavy atom. The fourth-order valence-corrected chi connectivity index (χ4v) is 3.05. The van der Waals surface area contributed by atoms with Crippen molar-refractivity contribution in [3.05, 3.63) is 24.3 Å². The van der Waals surface area contributed by atoms with Crippen molar-refractivity contribution in [3.63, 3.8) is 0 Å². The molecule has 2 rings (SSSR count). The van der Waals surface area contributed by atoms with E-state index < -0.39 is 0 Å². The second-order valence-corrected chi connectivity index (χ2v) is 6.66. The van der Waals surface area contributed by atoms with Gasteiger partial charge in [-0.3, -0.25) is 0 Å². The summed E-state index contributed by atoms with van der Waals surface area (Å²) in [6, 6.07) is 0.105. The van der Waals surface area contributed by atoms with Gasteiger partial charge in [-0.15, -0.1) is 16.8 Å². The van der Waals surface area contributed by atoms with E-state index in [4.69, 9.17) is 0 Å². The summed E-state index contributed by atoms with van der Waals surface area (Å²) in [6.07, 6.45) is 4.92. The van der Waals surface area contributed by atoms with Crippen molar-refractivity contribution < 1.29 is 4.79 Å². The van der Waals surface area contributed by atoms with E-state index in [1.165, 1.54) is 0 Å². The van der Waals surface area contributed by atoms with Crippen LogP contribution in [0.25, 0.3) is 0 Å². The molecule has 1 aliphatic rings. The van der Waals surface area contributed by atoms with E-state index in [1.807, 2.05) is 17.9 Å². The molecule has 0 spiro atoms. The molecule has 0 radical (unpaired) electrons. The number of rotatable bonds is 6. The number of nitrogens with one attached hydrogen (secondary N) is 1. The number of unbranched alkanes of at least 4 members (excludes halogenated alkanes) is 1. The van der Waals surface area contributed by atoms with Crippen LogP contribution in [-0.4, -0.2) is 38.3 Å². The first-order chi connectivity index (χ1) is 11.0. The van der Waals surface area contributed by atoms with Crippen LogP contribution in [0.5, 0.6) is 0 Å². The molecule has 2 heterocycles. The topological polar surface area (TPSA) is 63.1 Å². The highest BCUT2D eigenvalue weighted by molar-refractivity contribution is 5.75. The van der Waals surface area contributed by atoms with Crippen molar-refractivity contribution in [1.29, 1.82) is 0 Å². The number of aromatic nitrogens is 3. The molecule has 23 heavy (non-hydrogen) atoms. The Morgan fingerprint density at radius 3 is 2.78 bits per heavy atom. The lowest BCUT2D eigenvalue weighted by Gasteiger charge is -2.34. The van der Waals surface area contributed by atoms with Gasteiger partial charge in [0.05, 0.1) is 6.04 Å². The van der Waals surface area contributed by atoms with Crippen LogP contribution in [-0.2, 0) is 6.54 Å². The van der Waals surface area contributed by atoms with E-state index in [2.05, 4.69) is 47.4 Å². The third kappa shape index (κ3) is 3.92. The Morgan fingerprint density at radius 1 is 1.39 bits per heavy atom. The van der Waals surface area contributed by atoms with Crippen molar-refractivity contribution in [2.45, 2.75) is 71.5 Å². The number of carbonyl (C=O) groups excluding carboxylic acids is 1. The molecule has 0 bridgehead atoms. The van der Waals surface area contributed by atoms with Crippen molar-refractivity contribution in [3.8, 4) is 0 Å². The Kier molecular flexibility index (Phi) is 5.80. The average Bonchev–Trinajstić information content (AvgIpc) is 2.92. The molecule has 2 amide bonds. The van der Waals surface area contributed by atoms with Crippen LogP contribution in [0.1, 0.15) is 70.6 Å². The van der Waals surface area contributed by atoms with Crippen molar-refractivity contribution >= 4 is 6.03 Å². The highest BCUT2D eigenvalue weighted by atomic mass is 16.2. The van der Waals surface area contributed by atoms with E-state index in [0.29, 0.717) is 12.5 Å². The molecule has 1 aliphatic heterocycles. The summed E-state index contributed by atoms with van der Waals surface area (Å²) < 4.78 is 2.16. The van der Waals surface area contributed by atoms with Crippen LogP contribution in [0.3, 0.4) is 0 Å². The highest BCUT2D eigenvalue weighted by Gasteiger charge is 2.32. The predicted octanol–water partition coefficient (Wildman–Crippen LogP) is 3.23. The van der Waals surface area contributed by atoms with Gasteiger partial charge in [0.15, 0.2) is 5.82 Å². The van der Waals surface area contributed by atoms with Crippen LogP contribution >= 0.6 is 0 Å². The minimum absolute atomic E-state index is 0.0102. The van der Waals surface area contributed by atoms with Gasteiger partial charge in [0.25, 0.3) is 0 Å². The molecule has 0 saturated carbocycles. The summed E-state index contributed by atoms with van der Waals surface area (Å²) in [4.78, 5) is 14.4. The molecule has 0 fully saturated rings. The minimum Gasteiger partial charge on any atom is -0.336 e. The van der Waals surface area contributed by atoms with Gasteiger partial charge in [-0.25, -0.2) is 4.79 Å².